The van der Waals surface area contributed by atoms with E-state index < -0.39 is 0 Å². The predicted molar refractivity (Wildman–Crippen MR) is 130 cm³/mol. The van der Waals surface area contributed by atoms with Gasteiger partial charge in [0, 0.05) is 39.6 Å². The van der Waals surface area contributed by atoms with Crippen LogP contribution in [0.1, 0.15) is 15.9 Å². The number of ether oxygens (including phenoxy) is 1. The Kier molecular flexibility index (Phi) is 5.44. The molecule has 0 radical (unpaired) electrons. The zero-order valence-corrected chi connectivity index (χ0v) is 17.8. The van der Waals surface area contributed by atoms with E-state index in [1.807, 2.05) is 85.1 Å². The lowest BCUT2D eigenvalue weighted by molar-refractivity contribution is 0.0473. The number of halogens is 1. The Morgan fingerprint density at radius 1 is 0.875 bits per heavy atom. The van der Waals surface area contributed by atoms with Crippen LogP contribution in [0.25, 0.3) is 21.5 Å². The minimum Gasteiger partial charge on any atom is -0.457 e. The van der Waals surface area contributed by atoms with Gasteiger partial charge in [0.15, 0.2) is 0 Å². The minimum absolute atomic E-state index is 0.239. The van der Waals surface area contributed by atoms with E-state index in [9.17, 15) is 4.79 Å². The molecule has 0 unspecified atom stereocenters. The maximum Gasteiger partial charge on any atom is 0.338 e. The largest absolute Gasteiger partial charge is 0.457 e. The van der Waals surface area contributed by atoms with Crippen LogP contribution in [0.2, 0.25) is 5.02 Å². The van der Waals surface area contributed by atoms with E-state index in [4.69, 9.17) is 16.3 Å². The van der Waals surface area contributed by atoms with Gasteiger partial charge in [-0.1, -0.05) is 48.0 Å². The molecule has 32 heavy (non-hydrogen) atoms. The van der Waals surface area contributed by atoms with Crippen LogP contribution < -0.4 is 5.32 Å². The Morgan fingerprint density at radius 2 is 1.69 bits per heavy atom. The normalized spacial score (nSPS) is 10.9. The first-order valence-corrected chi connectivity index (χ1v) is 10.6. The summed E-state index contributed by atoms with van der Waals surface area (Å²) in [7, 11) is 0. The van der Waals surface area contributed by atoms with Gasteiger partial charge in [-0.05, 0) is 64.9 Å². The zero-order valence-electron chi connectivity index (χ0n) is 17.1. The molecule has 5 rings (SSSR count). The molecule has 0 spiro atoms. The van der Waals surface area contributed by atoms with Crippen molar-refractivity contribution in [3.8, 4) is 0 Å². The molecule has 4 nitrogen and oxygen atoms in total. The Morgan fingerprint density at radius 3 is 2.50 bits per heavy atom. The van der Waals surface area contributed by atoms with Gasteiger partial charge in [-0.2, -0.15) is 0 Å². The highest BCUT2D eigenvalue weighted by molar-refractivity contribution is 6.30. The zero-order chi connectivity index (χ0) is 21.9. The molecule has 156 valence electrons. The topological polar surface area (TPSA) is 51.2 Å². The number of carbonyl (C=O) groups is 1. The molecule has 0 bridgehead atoms. The van der Waals surface area contributed by atoms with Gasteiger partial charge in [0.2, 0.25) is 0 Å². The van der Waals surface area contributed by atoms with Crippen molar-refractivity contribution < 1.29 is 9.53 Å². The molecular formula is C27H19ClN2O2. The summed E-state index contributed by atoms with van der Waals surface area (Å²) in [6.45, 7) is 0.239. The molecular weight excluding hydrogens is 420 g/mol. The fourth-order valence-electron chi connectivity index (χ4n) is 3.73. The first-order valence-electron chi connectivity index (χ1n) is 10.2. The Bertz CT molecular complexity index is 1420. The van der Waals surface area contributed by atoms with Crippen molar-refractivity contribution in [1.29, 1.82) is 0 Å². The highest BCUT2D eigenvalue weighted by Crippen LogP contribution is 2.34. The van der Waals surface area contributed by atoms with Crippen LogP contribution in [0.3, 0.4) is 0 Å². The minimum atomic E-state index is -0.353. The highest BCUT2D eigenvalue weighted by Gasteiger charge is 2.12. The number of nitrogens with one attached hydrogen (secondary N) is 1. The molecule has 0 aliphatic heterocycles. The van der Waals surface area contributed by atoms with Crippen LogP contribution in [0.5, 0.6) is 0 Å². The van der Waals surface area contributed by atoms with Gasteiger partial charge in [0.25, 0.3) is 0 Å². The molecule has 0 amide bonds. The lowest BCUT2D eigenvalue weighted by Crippen LogP contribution is -2.05. The monoisotopic (exact) mass is 438 g/mol. The third-order valence-corrected chi connectivity index (χ3v) is 5.58. The second kappa shape index (κ2) is 8.69. The summed E-state index contributed by atoms with van der Waals surface area (Å²) in [5.74, 6) is -0.353. The number of aromatic nitrogens is 1. The van der Waals surface area contributed by atoms with Gasteiger partial charge in [-0.15, -0.1) is 0 Å². The van der Waals surface area contributed by atoms with Crippen LogP contribution in [-0.2, 0) is 11.3 Å². The Labute approximate surface area is 190 Å². The number of rotatable bonds is 5. The first-order chi connectivity index (χ1) is 15.7. The van der Waals surface area contributed by atoms with Gasteiger partial charge < -0.3 is 10.1 Å². The van der Waals surface area contributed by atoms with Crippen LogP contribution in [0.15, 0.2) is 97.3 Å². The van der Waals surface area contributed by atoms with Gasteiger partial charge >= 0.3 is 5.97 Å². The van der Waals surface area contributed by atoms with E-state index in [2.05, 4.69) is 10.3 Å². The van der Waals surface area contributed by atoms with E-state index in [0.29, 0.717) is 10.6 Å². The smallest absolute Gasteiger partial charge is 0.338 e. The molecule has 1 heterocycles. The lowest BCUT2D eigenvalue weighted by Gasteiger charge is -2.13. The maximum absolute atomic E-state index is 12.7. The van der Waals surface area contributed by atoms with Crippen molar-refractivity contribution in [1.82, 2.24) is 4.98 Å². The first kappa shape index (κ1) is 20.0. The molecule has 4 aromatic carbocycles. The average molecular weight is 439 g/mol. The molecule has 1 aromatic heterocycles. The van der Waals surface area contributed by atoms with Gasteiger partial charge in [0.1, 0.15) is 6.61 Å². The average Bonchev–Trinajstić information content (AvgIpc) is 2.84. The molecule has 0 aliphatic rings. The van der Waals surface area contributed by atoms with E-state index >= 15 is 0 Å². The van der Waals surface area contributed by atoms with Gasteiger partial charge in [-0.3, -0.25) is 4.98 Å². The number of hydrogen-bond donors (Lipinski definition) is 1. The highest BCUT2D eigenvalue weighted by atomic mass is 35.5. The quantitative estimate of drug-likeness (QED) is 0.234. The number of benzene rings is 4. The summed E-state index contributed by atoms with van der Waals surface area (Å²) in [4.78, 5) is 17.0. The molecule has 5 heteroatoms. The lowest BCUT2D eigenvalue weighted by atomic mass is 10.00. The molecule has 0 fully saturated rings. The Hall–Kier alpha value is -3.89. The summed E-state index contributed by atoms with van der Waals surface area (Å²) in [6, 6.07) is 26.8. The summed E-state index contributed by atoms with van der Waals surface area (Å²) >= 11 is 6.02. The van der Waals surface area contributed by atoms with Crippen molar-refractivity contribution >= 4 is 50.5 Å². The number of fused-ring (bicyclic) bond motifs is 3. The maximum atomic E-state index is 12.7. The second-order valence-corrected chi connectivity index (χ2v) is 7.91. The van der Waals surface area contributed by atoms with Crippen molar-refractivity contribution in [3.05, 3.63) is 113 Å². The van der Waals surface area contributed by atoms with Crippen LogP contribution >= 0.6 is 11.6 Å². The fraction of sp³-hybridized carbons (Fsp3) is 0.0370. The van der Waals surface area contributed by atoms with Crippen molar-refractivity contribution in [2.45, 2.75) is 6.61 Å². The van der Waals surface area contributed by atoms with E-state index in [1.165, 1.54) is 0 Å². The summed E-state index contributed by atoms with van der Waals surface area (Å²) in [5.41, 5.74) is 3.31. The summed E-state index contributed by atoms with van der Waals surface area (Å²) < 4.78 is 5.51. The number of anilines is 2. The molecule has 5 aromatic rings. The van der Waals surface area contributed by atoms with Gasteiger partial charge in [0.05, 0.1) is 5.56 Å². The molecule has 0 atom stereocenters. The summed E-state index contributed by atoms with van der Waals surface area (Å²) in [5, 5.41) is 8.14. The summed E-state index contributed by atoms with van der Waals surface area (Å²) in [6.07, 6.45) is 3.62. The number of nitrogens with zero attached hydrogens (tertiary/aromatic N) is 1. The van der Waals surface area contributed by atoms with Crippen LogP contribution in [0, 0.1) is 0 Å². The van der Waals surface area contributed by atoms with Crippen LogP contribution in [-0.4, -0.2) is 11.0 Å². The van der Waals surface area contributed by atoms with Gasteiger partial charge in [-0.25, -0.2) is 4.79 Å². The standard InChI is InChI=1S/C27H19ClN2O2/c28-21-7-9-22(10-8-21)30-26-15-20-14-19(27(31)32-17-18-4-2-1-3-5-18)6-11-23(20)25-16-29-13-12-24(25)26/h1-16,30H,17H2. The van der Waals surface area contributed by atoms with E-state index in [-0.39, 0.29) is 12.6 Å². The van der Waals surface area contributed by atoms with Crippen molar-refractivity contribution in [2.75, 3.05) is 5.32 Å². The van der Waals surface area contributed by atoms with E-state index in [0.717, 1.165) is 38.5 Å². The molecule has 0 saturated carbocycles. The van der Waals surface area contributed by atoms with Crippen LogP contribution in [0.4, 0.5) is 11.4 Å². The second-order valence-electron chi connectivity index (χ2n) is 7.47. The Balaban J connectivity index is 1.51. The predicted octanol–water partition coefficient (Wildman–Crippen LogP) is 7.14. The SMILES string of the molecule is O=C(OCc1ccccc1)c1ccc2c(c1)cc(Nc1ccc(Cl)cc1)c1ccncc12. The third kappa shape index (κ3) is 4.13. The van der Waals surface area contributed by atoms with E-state index in [1.54, 1.807) is 12.3 Å². The molecule has 0 saturated heterocycles. The van der Waals surface area contributed by atoms with Crippen molar-refractivity contribution in [3.63, 3.8) is 0 Å². The number of carbonyl (C=O) groups excluding carboxylic acids is 1. The van der Waals surface area contributed by atoms with Crippen molar-refractivity contribution in [2.24, 2.45) is 0 Å². The third-order valence-electron chi connectivity index (χ3n) is 5.32. The molecule has 0 aliphatic carbocycles. The fourth-order valence-corrected chi connectivity index (χ4v) is 3.86. The number of pyridine rings is 1. The number of hydrogen-bond acceptors (Lipinski definition) is 4. The number of esters is 1. The molecule has 1 N–H and O–H groups in total.